The van der Waals surface area contributed by atoms with Crippen LogP contribution in [0.2, 0.25) is 0 Å². The van der Waals surface area contributed by atoms with Crippen LogP contribution in [0.3, 0.4) is 0 Å². The summed E-state index contributed by atoms with van der Waals surface area (Å²) in [6.45, 7) is 0. The van der Waals surface area contributed by atoms with Crippen LogP contribution < -0.4 is 30.9 Å². The van der Waals surface area contributed by atoms with Crippen LogP contribution in [0, 0.1) is 0 Å². The lowest BCUT2D eigenvalue weighted by molar-refractivity contribution is 0.0690. The zero-order valence-corrected chi connectivity index (χ0v) is 18.3. The van der Waals surface area contributed by atoms with E-state index in [2.05, 4.69) is 35.6 Å². The number of aromatic nitrogens is 3. The third-order valence-corrected chi connectivity index (χ3v) is 3.85. The van der Waals surface area contributed by atoms with Crippen LogP contribution in [-0.4, -0.2) is 47.4 Å². The van der Waals surface area contributed by atoms with Crippen molar-refractivity contribution in [1.29, 1.82) is 0 Å². The quantitative estimate of drug-likeness (QED) is 0.394. The van der Waals surface area contributed by atoms with Crippen molar-refractivity contribution in [2.75, 3.05) is 21.3 Å². The van der Waals surface area contributed by atoms with Gasteiger partial charge in [0.05, 0.1) is 25.9 Å². The van der Waals surface area contributed by atoms with Gasteiger partial charge in [-0.2, -0.15) is 0 Å². The van der Waals surface area contributed by atoms with Crippen LogP contribution in [0.5, 0.6) is 17.2 Å². The molecule has 0 radical (unpaired) electrons. The second kappa shape index (κ2) is 12.7. The average molecular weight is 498 g/mol. The molecule has 0 unspecified atom stereocenters. The maximum absolute atomic E-state index is 10.9. The van der Waals surface area contributed by atoms with E-state index in [-0.39, 0.29) is 22.6 Å². The lowest BCUT2D eigenvalue weighted by Crippen LogP contribution is -2.13. The number of carbonyl (C=O) groups is 1. The maximum Gasteiger partial charge on any atom is 0.352 e. The van der Waals surface area contributed by atoms with Gasteiger partial charge in [0.25, 0.3) is 16.7 Å². The van der Waals surface area contributed by atoms with Gasteiger partial charge in [0.1, 0.15) is 5.69 Å². The van der Waals surface area contributed by atoms with Gasteiger partial charge in [-0.3, -0.25) is 14.4 Å². The smallest absolute Gasteiger partial charge is 0.352 e. The predicted molar refractivity (Wildman–Crippen MR) is 116 cm³/mol. The summed E-state index contributed by atoms with van der Waals surface area (Å²) in [7, 11) is 4.26. The minimum atomic E-state index is -1.17. The average Bonchev–Trinajstić information content (AvgIpc) is 2.75. The number of nitrogens with one attached hydrogen (secondary N) is 3. The molecule has 11 nitrogen and oxygen atoms in total. The van der Waals surface area contributed by atoms with E-state index in [1.807, 2.05) is 0 Å². The molecule has 3 rings (SSSR count). The summed E-state index contributed by atoms with van der Waals surface area (Å²) < 4.78 is 14.7. The van der Waals surface area contributed by atoms with Crippen molar-refractivity contribution >= 4 is 21.9 Å². The van der Waals surface area contributed by atoms with E-state index in [1.54, 1.807) is 30.5 Å². The number of hydrogen-bond donors (Lipinski definition) is 4. The van der Waals surface area contributed by atoms with E-state index in [4.69, 9.17) is 14.6 Å². The molecule has 12 heteroatoms. The molecule has 4 N–H and O–H groups in total. The Morgan fingerprint density at radius 3 is 1.74 bits per heavy atom. The van der Waals surface area contributed by atoms with Crippen molar-refractivity contribution in [3.05, 3.63) is 84.0 Å². The Labute approximate surface area is 183 Å². The number of ether oxygens (including phenoxy) is 3. The number of hydrogen-bond acceptors (Lipinski definition) is 7. The number of halogens is 1. The van der Waals surface area contributed by atoms with Crippen molar-refractivity contribution in [2.45, 2.75) is 0 Å². The number of carboxylic acid groups (broad SMARTS) is 1. The first-order chi connectivity index (χ1) is 14.7. The molecule has 3 aromatic heterocycles. The summed E-state index contributed by atoms with van der Waals surface area (Å²) in [5, 5.41) is 8.46. The van der Waals surface area contributed by atoms with Crippen molar-refractivity contribution in [3.63, 3.8) is 0 Å². The highest BCUT2D eigenvalue weighted by molar-refractivity contribution is 9.10. The van der Waals surface area contributed by atoms with Gasteiger partial charge in [0, 0.05) is 6.20 Å². The number of H-pyrrole nitrogens is 3. The normalized spacial score (nSPS) is 9.29. The Bertz CT molecular complexity index is 1170. The van der Waals surface area contributed by atoms with Crippen molar-refractivity contribution in [3.8, 4) is 17.2 Å². The molecule has 3 aromatic rings. The van der Waals surface area contributed by atoms with Crippen LogP contribution in [0.25, 0.3) is 0 Å². The largest absolute Gasteiger partial charge is 0.491 e. The highest BCUT2D eigenvalue weighted by Gasteiger charge is 2.05. The van der Waals surface area contributed by atoms with Crippen LogP contribution >= 0.6 is 15.9 Å². The Hall–Kier alpha value is -3.80. The predicted octanol–water partition coefficient (Wildman–Crippen LogP) is 1.61. The van der Waals surface area contributed by atoms with Gasteiger partial charge < -0.3 is 34.3 Å². The highest BCUT2D eigenvalue weighted by atomic mass is 79.9. The van der Waals surface area contributed by atoms with Crippen LogP contribution in [0.15, 0.2) is 61.6 Å². The number of pyridine rings is 3. The Morgan fingerprint density at radius 1 is 0.806 bits per heavy atom. The summed E-state index contributed by atoms with van der Waals surface area (Å²) >= 11 is 3.11. The van der Waals surface area contributed by atoms with Gasteiger partial charge in [-0.15, -0.1) is 0 Å². The molecule has 0 saturated heterocycles. The molecule has 3 heterocycles. The van der Waals surface area contributed by atoms with Gasteiger partial charge in [-0.25, -0.2) is 4.79 Å². The topological polar surface area (TPSA) is 164 Å². The van der Waals surface area contributed by atoms with E-state index >= 15 is 0 Å². The first-order valence-electron chi connectivity index (χ1n) is 8.38. The van der Waals surface area contributed by atoms with Crippen LogP contribution in [0.1, 0.15) is 10.5 Å². The number of aromatic carboxylic acids is 1. The number of methoxy groups -OCH3 is 3. The third-order valence-electron chi connectivity index (χ3n) is 3.38. The fourth-order valence-corrected chi connectivity index (χ4v) is 2.22. The summed E-state index contributed by atoms with van der Waals surface area (Å²) in [5.74, 6) is -0.407. The standard InChI is InChI=1S/C7H7NO4.C6H6BrNO2.C6H7NO2/c1-12-5-3-2-4(7(10)11)8-6(5)9;1-10-4-2-3-5(7)8-6(4)9;1-9-5-3-2-4-7-6(5)8/h2-3H,1H3,(H,8,9)(H,10,11);2-3H,1H3,(H,8,9);2-4H,1H3,(H,7,8). The summed E-state index contributed by atoms with van der Waals surface area (Å²) in [6.07, 6.45) is 1.56. The van der Waals surface area contributed by atoms with Crippen LogP contribution in [0.4, 0.5) is 0 Å². The molecule has 0 saturated carbocycles. The fraction of sp³-hybridized carbons (Fsp3) is 0.158. The number of rotatable bonds is 4. The lowest BCUT2D eigenvalue weighted by Gasteiger charge is -1.97. The minimum absolute atomic E-state index is 0.0972. The van der Waals surface area contributed by atoms with Gasteiger partial charge in [-0.1, -0.05) is 0 Å². The van der Waals surface area contributed by atoms with E-state index in [0.717, 1.165) is 0 Å². The van der Waals surface area contributed by atoms with E-state index < -0.39 is 11.5 Å². The third kappa shape index (κ3) is 8.22. The van der Waals surface area contributed by atoms with E-state index in [0.29, 0.717) is 16.1 Å². The Balaban J connectivity index is 0.000000235. The minimum Gasteiger partial charge on any atom is -0.491 e. The molecule has 0 atom stereocenters. The molecule has 0 aromatic carbocycles. The van der Waals surface area contributed by atoms with Crippen molar-refractivity contribution in [2.24, 2.45) is 0 Å². The second-order valence-electron chi connectivity index (χ2n) is 5.35. The highest BCUT2D eigenvalue weighted by Crippen LogP contribution is 2.06. The molecule has 0 aliphatic heterocycles. The molecular formula is C19H20BrN3O8. The van der Waals surface area contributed by atoms with Crippen molar-refractivity contribution in [1.82, 2.24) is 15.0 Å². The first kappa shape index (κ1) is 25.2. The lowest BCUT2D eigenvalue weighted by atomic mass is 10.3. The molecule has 0 amide bonds. The fourth-order valence-electron chi connectivity index (χ4n) is 1.91. The van der Waals surface area contributed by atoms with Crippen LogP contribution in [-0.2, 0) is 0 Å². The molecule has 0 aliphatic carbocycles. The SMILES string of the molecule is COc1ccc(Br)[nH]c1=O.COc1ccc(C(=O)O)[nH]c1=O.COc1ccc[nH]c1=O. The molecule has 0 spiro atoms. The van der Waals surface area contributed by atoms with Gasteiger partial charge in [-0.05, 0) is 52.3 Å². The van der Waals surface area contributed by atoms with Crippen molar-refractivity contribution < 1.29 is 24.1 Å². The summed E-state index contributed by atoms with van der Waals surface area (Å²) in [4.78, 5) is 49.9. The molecule has 31 heavy (non-hydrogen) atoms. The zero-order chi connectivity index (χ0) is 23.4. The van der Waals surface area contributed by atoms with E-state index in [1.165, 1.54) is 33.5 Å². The molecule has 0 aliphatic rings. The summed E-state index contributed by atoms with van der Waals surface area (Å²) in [5.41, 5.74) is -1.12. The molecule has 0 fully saturated rings. The first-order valence-corrected chi connectivity index (χ1v) is 9.17. The van der Waals surface area contributed by atoms with E-state index in [9.17, 15) is 19.2 Å². The Kier molecular flexibility index (Phi) is 10.3. The van der Waals surface area contributed by atoms with Gasteiger partial charge in [0.2, 0.25) is 0 Å². The molecular weight excluding hydrogens is 478 g/mol. The molecule has 166 valence electrons. The number of carboxylic acids is 1. The zero-order valence-electron chi connectivity index (χ0n) is 16.7. The van der Waals surface area contributed by atoms with Gasteiger partial charge >= 0.3 is 5.97 Å². The maximum atomic E-state index is 10.9. The monoisotopic (exact) mass is 497 g/mol. The van der Waals surface area contributed by atoms with Gasteiger partial charge in [0.15, 0.2) is 17.2 Å². The summed E-state index contributed by atoms with van der Waals surface area (Å²) in [6, 6.07) is 9.20. The Morgan fingerprint density at radius 2 is 1.32 bits per heavy atom. The second-order valence-corrected chi connectivity index (χ2v) is 6.20. The number of aromatic amines is 3. The molecule has 0 bridgehead atoms.